The van der Waals surface area contributed by atoms with Crippen LogP contribution in [0, 0.1) is 11.3 Å². The van der Waals surface area contributed by atoms with Crippen molar-refractivity contribution in [2.45, 2.75) is 38.4 Å². The fourth-order valence-corrected chi connectivity index (χ4v) is 4.02. The summed E-state index contributed by atoms with van der Waals surface area (Å²) in [5, 5.41) is 12.0. The van der Waals surface area contributed by atoms with Gasteiger partial charge in [-0.2, -0.15) is 5.26 Å². The normalized spacial score (nSPS) is 14.8. The van der Waals surface area contributed by atoms with Crippen LogP contribution in [0.25, 0.3) is 0 Å². The number of methoxy groups -OCH3 is 1. The second-order valence-corrected chi connectivity index (χ2v) is 7.67. The van der Waals surface area contributed by atoms with Crippen LogP contribution >= 0.6 is 22.9 Å². The molecular weight excluding hydrogens is 368 g/mol. The maximum absolute atomic E-state index is 9.12. The molecule has 7 heteroatoms. The van der Waals surface area contributed by atoms with E-state index in [0.717, 1.165) is 30.0 Å². The first-order valence-corrected chi connectivity index (χ1v) is 10.0. The largest absolute Gasteiger partial charge is 0.385 e. The van der Waals surface area contributed by atoms with Gasteiger partial charge in [-0.05, 0) is 37.5 Å². The fourth-order valence-electron chi connectivity index (χ4n) is 2.90. The minimum Gasteiger partial charge on any atom is -0.385 e. The van der Waals surface area contributed by atoms with E-state index in [1.807, 2.05) is 24.3 Å². The van der Waals surface area contributed by atoms with Gasteiger partial charge in [-0.1, -0.05) is 17.7 Å². The number of nitrogens with zero attached hydrogens (tertiary/aromatic N) is 4. The Hall–Kier alpha value is -1.65. The lowest BCUT2D eigenvalue weighted by Crippen LogP contribution is -2.29. The molecule has 2 aromatic rings. The van der Waals surface area contributed by atoms with Crippen molar-refractivity contribution < 1.29 is 4.74 Å². The smallest absolute Gasteiger partial charge is 0.190 e. The molecule has 0 aliphatic heterocycles. The first-order valence-electron chi connectivity index (χ1n) is 8.78. The van der Waals surface area contributed by atoms with Crippen molar-refractivity contribution >= 4 is 28.6 Å². The Morgan fingerprint density at radius 3 is 3.00 bits per heavy atom. The molecule has 0 spiro atoms. The summed E-state index contributed by atoms with van der Waals surface area (Å²) in [7, 11) is 1.72. The molecular formula is C19H23ClN4OS. The number of hydrogen-bond acceptors (Lipinski definition) is 5. The zero-order valence-electron chi connectivity index (χ0n) is 14.9. The van der Waals surface area contributed by atoms with Crippen LogP contribution < -0.4 is 4.80 Å². The standard InChI is InChI=1S/C19H23ClN4OS/c1-25-11-3-9-24-18(13-23(10-8-21)17-6-7-17)14-26-19(24)22-16-5-2-4-15(20)12-16/h2,4-5,12,14,17H,3,6-7,9-11,13H2,1H3. The molecule has 1 fully saturated rings. The fraction of sp³-hybridized carbons (Fsp3) is 0.474. The lowest BCUT2D eigenvalue weighted by Gasteiger charge is -2.19. The van der Waals surface area contributed by atoms with Crippen molar-refractivity contribution in [3.05, 3.63) is 45.2 Å². The molecule has 1 aromatic heterocycles. The van der Waals surface area contributed by atoms with Crippen molar-refractivity contribution in [3.63, 3.8) is 0 Å². The number of halogens is 1. The van der Waals surface area contributed by atoms with Gasteiger partial charge in [0.05, 0.1) is 18.3 Å². The van der Waals surface area contributed by atoms with Crippen LogP contribution in [0.3, 0.4) is 0 Å². The van der Waals surface area contributed by atoms with Crippen LogP contribution in [0.4, 0.5) is 5.69 Å². The molecule has 1 aromatic carbocycles. The molecule has 0 amide bonds. The van der Waals surface area contributed by atoms with Crippen LogP contribution in [0.1, 0.15) is 25.0 Å². The Morgan fingerprint density at radius 2 is 2.31 bits per heavy atom. The van der Waals surface area contributed by atoms with Crippen LogP contribution in [0.5, 0.6) is 0 Å². The van der Waals surface area contributed by atoms with Crippen molar-refractivity contribution in [2.75, 3.05) is 20.3 Å². The van der Waals surface area contributed by atoms with E-state index in [9.17, 15) is 0 Å². The minimum atomic E-state index is 0.472. The lowest BCUT2D eigenvalue weighted by molar-refractivity contribution is 0.189. The van der Waals surface area contributed by atoms with E-state index >= 15 is 0 Å². The monoisotopic (exact) mass is 390 g/mol. The number of hydrogen-bond donors (Lipinski definition) is 0. The Labute approximate surface area is 163 Å². The van der Waals surface area contributed by atoms with Gasteiger partial charge in [-0.3, -0.25) is 4.90 Å². The molecule has 3 rings (SSSR count). The summed E-state index contributed by atoms with van der Waals surface area (Å²) in [4.78, 5) is 8.00. The summed E-state index contributed by atoms with van der Waals surface area (Å²) < 4.78 is 7.46. The summed E-state index contributed by atoms with van der Waals surface area (Å²) in [6, 6.07) is 10.4. The zero-order valence-corrected chi connectivity index (χ0v) is 16.5. The number of rotatable bonds is 9. The third-order valence-corrected chi connectivity index (χ3v) is 5.49. The van der Waals surface area contributed by atoms with Gasteiger partial charge in [-0.15, -0.1) is 11.3 Å². The number of ether oxygens (including phenoxy) is 1. The van der Waals surface area contributed by atoms with E-state index in [4.69, 9.17) is 26.6 Å². The van der Waals surface area contributed by atoms with E-state index in [1.165, 1.54) is 18.5 Å². The van der Waals surface area contributed by atoms with Crippen molar-refractivity contribution in [1.82, 2.24) is 9.47 Å². The van der Waals surface area contributed by atoms with Gasteiger partial charge in [-0.25, -0.2) is 4.99 Å². The summed E-state index contributed by atoms with van der Waals surface area (Å²) in [6.45, 7) is 2.81. The Bertz CT molecular complexity index is 835. The number of thiazole rings is 1. The highest BCUT2D eigenvalue weighted by Crippen LogP contribution is 2.28. The molecule has 138 valence electrons. The van der Waals surface area contributed by atoms with Gasteiger partial charge in [0.15, 0.2) is 4.80 Å². The topological polar surface area (TPSA) is 53.5 Å². The zero-order chi connectivity index (χ0) is 18.4. The summed E-state index contributed by atoms with van der Waals surface area (Å²) in [5.74, 6) is 0. The third kappa shape index (κ3) is 5.18. The van der Waals surface area contributed by atoms with E-state index in [-0.39, 0.29) is 0 Å². The summed E-state index contributed by atoms with van der Waals surface area (Å²) in [6.07, 6.45) is 3.30. The molecule has 1 aliphatic carbocycles. The molecule has 1 saturated carbocycles. The van der Waals surface area contributed by atoms with Gasteiger partial charge >= 0.3 is 0 Å². The van der Waals surface area contributed by atoms with Gasteiger partial charge in [0.25, 0.3) is 0 Å². The van der Waals surface area contributed by atoms with Crippen molar-refractivity contribution in [3.8, 4) is 6.07 Å². The highest BCUT2D eigenvalue weighted by molar-refractivity contribution is 7.07. The second kappa shape index (κ2) is 9.33. The second-order valence-electron chi connectivity index (χ2n) is 6.39. The average Bonchev–Trinajstić information content (AvgIpc) is 3.40. The third-order valence-electron chi connectivity index (χ3n) is 4.34. The van der Waals surface area contributed by atoms with Crippen LogP contribution in [0.2, 0.25) is 5.02 Å². The van der Waals surface area contributed by atoms with Gasteiger partial charge in [0.2, 0.25) is 0 Å². The molecule has 0 bridgehead atoms. The lowest BCUT2D eigenvalue weighted by atomic mass is 10.3. The highest BCUT2D eigenvalue weighted by Gasteiger charge is 2.29. The van der Waals surface area contributed by atoms with Crippen LogP contribution in [0.15, 0.2) is 34.6 Å². The minimum absolute atomic E-state index is 0.472. The quantitative estimate of drug-likeness (QED) is 0.481. The SMILES string of the molecule is COCCCn1c(CN(CC#N)C2CC2)csc1=Nc1cccc(Cl)c1. The summed E-state index contributed by atoms with van der Waals surface area (Å²) in [5.41, 5.74) is 2.05. The van der Waals surface area contributed by atoms with Gasteiger partial charge in [0, 0.05) is 48.9 Å². The average molecular weight is 391 g/mol. The molecule has 1 heterocycles. The number of benzene rings is 1. The summed E-state index contributed by atoms with van der Waals surface area (Å²) >= 11 is 7.72. The molecule has 5 nitrogen and oxygen atoms in total. The molecule has 1 aliphatic rings. The molecule has 0 atom stereocenters. The highest BCUT2D eigenvalue weighted by atomic mass is 35.5. The Morgan fingerprint density at radius 1 is 1.46 bits per heavy atom. The Balaban J connectivity index is 1.89. The predicted molar refractivity (Wildman–Crippen MR) is 105 cm³/mol. The van der Waals surface area contributed by atoms with E-state index in [2.05, 4.69) is 20.9 Å². The van der Waals surface area contributed by atoms with E-state index in [0.29, 0.717) is 24.2 Å². The van der Waals surface area contributed by atoms with Crippen molar-refractivity contribution in [1.29, 1.82) is 5.26 Å². The van der Waals surface area contributed by atoms with Gasteiger partial charge < -0.3 is 9.30 Å². The molecule has 0 saturated heterocycles. The maximum atomic E-state index is 9.12. The number of nitriles is 1. The molecule has 26 heavy (non-hydrogen) atoms. The van der Waals surface area contributed by atoms with E-state index < -0.39 is 0 Å². The first kappa shape index (κ1) is 19.1. The van der Waals surface area contributed by atoms with Crippen LogP contribution in [-0.2, 0) is 17.8 Å². The van der Waals surface area contributed by atoms with E-state index in [1.54, 1.807) is 18.4 Å². The first-order chi connectivity index (χ1) is 12.7. The molecule has 0 unspecified atom stereocenters. The van der Waals surface area contributed by atoms with Gasteiger partial charge in [0.1, 0.15) is 0 Å². The predicted octanol–water partition coefficient (Wildman–Crippen LogP) is 3.96. The molecule has 0 N–H and O–H groups in total. The number of aromatic nitrogens is 1. The van der Waals surface area contributed by atoms with Crippen LogP contribution in [-0.4, -0.2) is 35.8 Å². The van der Waals surface area contributed by atoms with Crippen molar-refractivity contribution in [2.24, 2.45) is 4.99 Å². The Kier molecular flexibility index (Phi) is 6.86. The maximum Gasteiger partial charge on any atom is 0.190 e. The molecule has 0 radical (unpaired) electrons.